The molecule has 488 valence electrons. The SMILES string of the molecule is CN(CCOCCOCCNC(=O)CCC12c3cc(CC(=O)CCCCCCCN)ccc3C(c3ccc(CC(=O)CCCCCCCN)cc31)c1ccc(NC(=O)CCCCCCCN)cc12)C(=O)[C@@H]1C[C@H](N=[N+]=[N-])CN1C(=O)c1ccc(S(=O)(=O)F)cc1. The first-order valence-corrected chi connectivity index (χ1v) is 33.8. The van der Waals surface area contributed by atoms with Crippen molar-refractivity contribution in [3.8, 4) is 0 Å². The molecule has 0 aromatic heterocycles. The number of halogens is 1. The van der Waals surface area contributed by atoms with Crippen molar-refractivity contribution >= 4 is 51.1 Å². The smallest absolute Gasteiger partial charge is 0.332 e. The van der Waals surface area contributed by atoms with Crippen molar-refractivity contribution in [2.75, 3.05) is 78.1 Å². The number of benzene rings is 4. The van der Waals surface area contributed by atoms with E-state index in [1.54, 1.807) is 7.05 Å². The van der Waals surface area contributed by atoms with Crippen LogP contribution in [0.25, 0.3) is 10.4 Å². The van der Waals surface area contributed by atoms with Gasteiger partial charge in [0.15, 0.2) is 0 Å². The molecule has 1 heterocycles. The molecule has 20 nitrogen and oxygen atoms in total. The monoisotopic (exact) mass is 1260 g/mol. The van der Waals surface area contributed by atoms with Gasteiger partial charge < -0.3 is 47.1 Å². The molecule has 0 saturated carbocycles. The lowest BCUT2D eigenvalue weighted by molar-refractivity contribution is -0.134. The second-order valence-corrected chi connectivity index (χ2v) is 25.6. The minimum absolute atomic E-state index is 0.0304. The number of carbonyl (C=O) groups is 6. The minimum Gasteiger partial charge on any atom is -0.377 e. The van der Waals surface area contributed by atoms with Gasteiger partial charge in [-0.1, -0.05) is 105 Å². The van der Waals surface area contributed by atoms with Gasteiger partial charge in [-0.05, 0) is 157 Å². The number of ketones is 2. The topological polar surface area (TPSA) is 312 Å². The average Bonchev–Trinajstić information content (AvgIpc) is 0.742. The van der Waals surface area contributed by atoms with E-state index < -0.39 is 44.4 Å². The summed E-state index contributed by atoms with van der Waals surface area (Å²) in [4.78, 5) is 87.3. The maximum atomic E-state index is 14.2. The highest BCUT2D eigenvalue weighted by molar-refractivity contribution is 7.86. The number of rotatable bonds is 42. The molecule has 4 aromatic rings. The largest absolute Gasteiger partial charge is 0.377 e. The quantitative estimate of drug-likeness (QED) is 0.00908. The second kappa shape index (κ2) is 35.6. The van der Waals surface area contributed by atoms with E-state index in [9.17, 15) is 41.1 Å². The Hall–Kier alpha value is -6.91. The van der Waals surface area contributed by atoms with Crippen LogP contribution in [0.2, 0.25) is 0 Å². The Kier molecular flexibility index (Phi) is 27.9. The summed E-state index contributed by atoms with van der Waals surface area (Å²) in [5, 5.41) is 9.99. The molecule has 4 aliphatic rings. The van der Waals surface area contributed by atoms with Gasteiger partial charge in [0.05, 0.1) is 37.4 Å². The number of unbranched alkanes of at least 4 members (excludes halogenated alkanes) is 12. The molecule has 2 atom stereocenters. The summed E-state index contributed by atoms with van der Waals surface area (Å²) < 4.78 is 47.8. The van der Waals surface area contributed by atoms with Crippen LogP contribution in [0.4, 0.5) is 9.57 Å². The number of Topliss-reactive ketones (excluding diaryl/α,β-unsaturated/α-hetero) is 2. The molecular formula is C68H93FN10O10S. The van der Waals surface area contributed by atoms with Crippen molar-refractivity contribution < 1.29 is 50.5 Å². The first kappa shape index (κ1) is 70.5. The number of amides is 4. The molecule has 4 amide bonds. The Labute approximate surface area is 530 Å². The van der Waals surface area contributed by atoms with E-state index in [0.717, 1.165) is 165 Å². The van der Waals surface area contributed by atoms with E-state index in [1.807, 2.05) is 6.07 Å². The van der Waals surface area contributed by atoms with E-state index in [4.69, 9.17) is 32.2 Å². The maximum absolute atomic E-state index is 14.2. The number of carbonyl (C=O) groups excluding carboxylic acids is 6. The molecule has 1 aliphatic heterocycles. The number of likely N-dealkylation sites (N-methyl/N-ethyl adjacent to an activating group) is 1. The standard InChI is InChI=1S/C68H93FN10O10S/c1-78(67(85)62-46-52(76-77-73)47-79(62)66(84)50-22-25-55(26-23-50)90(69,86)87)36-38-89-40-39-88-37-35-74-63(82)30-31-68-59-43-48(41-53(80)17-11-5-2-8-14-32-70)20-27-56(59)65(57-28-21-49(44-60(57)68)42-54(81)18-12-6-3-9-15-33-71)58-29-24-51(45-61(58)68)75-64(83)19-13-7-4-10-16-34-72/h20-29,43-45,52,62,65H,2-19,30-42,46-47,70-72H2,1H3,(H,74,82)(H,75,83)/t52-,62-,65?,68?/m0/s1. The van der Waals surface area contributed by atoms with Crippen LogP contribution in [-0.4, -0.2) is 138 Å². The summed E-state index contributed by atoms with van der Waals surface area (Å²) in [6.45, 7) is 2.99. The van der Waals surface area contributed by atoms with E-state index in [2.05, 4.69) is 69.2 Å². The van der Waals surface area contributed by atoms with Gasteiger partial charge in [0.25, 0.3) is 5.91 Å². The number of azide groups is 1. The number of nitrogens with zero attached hydrogens (tertiary/aromatic N) is 5. The van der Waals surface area contributed by atoms with Crippen LogP contribution in [-0.2, 0) is 61.9 Å². The van der Waals surface area contributed by atoms with Crippen molar-refractivity contribution in [3.63, 3.8) is 0 Å². The summed E-state index contributed by atoms with van der Waals surface area (Å²) in [7, 11) is -3.43. The summed E-state index contributed by atoms with van der Waals surface area (Å²) in [6, 6.07) is 21.5. The predicted molar refractivity (Wildman–Crippen MR) is 345 cm³/mol. The van der Waals surface area contributed by atoms with Crippen LogP contribution < -0.4 is 27.8 Å². The average molecular weight is 1260 g/mol. The number of nitrogens with one attached hydrogen (secondary N) is 2. The fourth-order valence-electron chi connectivity index (χ4n) is 13.0. The summed E-state index contributed by atoms with van der Waals surface area (Å²) >= 11 is 0. The van der Waals surface area contributed by atoms with Crippen molar-refractivity contribution in [2.24, 2.45) is 22.3 Å². The molecule has 1 saturated heterocycles. The first-order valence-electron chi connectivity index (χ1n) is 32.4. The molecule has 1 fully saturated rings. The van der Waals surface area contributed by atoms with Gasteiger partial charge in [-0.25, -0.2) is 0 Å². The van der Waals surface area contributed by atoms with Gasteiger partial charge in [0.1, 0.15) is 17.6 Å². The van der Waals surface area contributed by atoms with Crippen LogP contribution in [0.5, 0.6) is 0 Å². The number of anilines is 1. The highest BCUT2D eigenvalue weighted by Gasteiger charge is 2.52. The second-order valence-electron chi connectivity index (χ2n) is 24.2. The Bertz CT molecular complexity index is 3050. The maximum Gasteiger partial charge on any atom is 0.332 e. The molecule has 8 rings (SSSR count). The molecule has 90 heavy (non-hydrogen) atoms. The Morgan fingerprint density at radius 3 is 1.71 bits per heavy atom. The van der Waals surface area contributed by atoms with E-state index in [0.29, 0.717) is 51.0 Å². The normalized spacial score (nSPS) is 17.0. The zero-order valence-electron chi connectivity index (χ0n) is 52.4. The number of ether oxygens (including phenoxy) is 2. The summed E-state index contributed by atoms with van der Waals surface area (Å²) in [5.74, 6) is -1.14. The van der Waals surface area contributed by atoms with Crippen LogP contribution in [0.3, 0.4) is 0 Å². The third-order valence-electron chi connectivity index (χ3n) is 17.7. The van der Waals surface area contributed by atoms with Crippen LogP contribution in [0.1, 0.15) is 196 Å². The van der Waals surface area contributed by atoms with Gasteiger partial charge >= 0.3 is 10.2 Å². The Morgan fingerprint density at radius 2 is 1.17 bits per heavy atom. The van der Waals surface area contributed by atoms with Gasteiger partial charge in [0.2, 0.25) is 17.7 Å². The van der Waals surface area contributed by atoms with Crippen LogP contribution >= 0.6 is 0 Å². The zero-order valence-corrected chi connectivity index (χ0v) is 53.2. The fourth-order valence-corrected chi connectivity index (χ4v) is 13.4. The van der Waals surface area contributed by atoms with E-state index in [1.165, 1.54) is 9.80 Å². The van der Waals surface area contributed by atoms with E-state index in [-0.39, 0.29) is 107 Å². The van der Waals surface area contributed by atoms with Crippen molar-refractivity contribution in [3.05, 3.63) is 139 Å². The molecule has 4 aromatic carbocycles. The van der Waals surface area contributed by atoms with Gasteiger partial charge in [-0.2, -0.15) is 8.42 Å². The van der Waals surface area contributed by atoms with Crippen molar-refractivity contribution in [2.45, 2.75) is 176 Å². The van der Waals surface area contributed by atoms with E-state index >= 15 is 0 Å². The van der Waals surface area contributed by atoms with Crippen molar-refractivity contribution in [1.29, 1.82) is 0 Å². The highest BCUT2D eigenvalue weighted by atomic mass is 32.3. The summed E-state index contributed by atoms with van der Waals surface area (Å²) in [6.07, 6.45) is 16.8. The number of likely N-dealkylation sites (tertiary alicyclic amines) is 1. The molecule has 3 aliphatic carbocycles. The molecule has 0 radical (unpaired) electrons. The first-order chi connectivity index (χ1) is 43.5. The lowest BCUT2D eigenvalue weighted by atomic mass is 9.51. The number of hydrogen-bond donors (Lipinski definition) is 5. The molecule has 2 bridgehead atoms. The zero-order chi connectivity index (χ0) is 64.5. The third-order valence-corrected chi connectivity index (χ3v) is 18.5. The lowest BCUT2D eigenvalue weighted by Crippen LogP contribution is -2.47. The Morgan fingerprint density at radius 1 is 0.656 bits per heavy atom. The van der Waals surface area contributed by atoms with Crippen LogP contribution in [0, 0.1) is 0 Å². The summed E-state index contributed by atoms with van der Waals surface area (Å²) in [5.41, 5.74) is 34.1. The van der Waals surface area contributed by atoms with Gasteiger partial charge in [-0.3, -0.25) is 28.8 Å². The minimum atomic E-state index is -4.99. The van der Waals surface area contributed by atoms with Crippen LogP contribution in [0.15, 0.2) is 88.9 Å². The number of hydrogen-bond acceptors (Lipinski definition) is 14. The molecule has 22 heteroatoms. The number of nitrogens with two attached hydrogens (primary N) is 3. The highest BCUT2D eigenvalue weighted by Crippen LogP contribution is 2.61. The third kappa shape index (κ3) is 19.6. The van der Waals surface area contributed by atoms with Gasteiger partial charge in [-0.15, -0.1) is 3.89 Å². The molecule has 8 N–H and O–H groups in total. The Balaban J connectivity index is 1.02. The molecule has 0 unspecified atom stereocenters. The lowest BCUT2D eigenvalue weighted by Gasteiger charge is -2.51. The molecular weight excluding hydrogens is 1170 g/mol. The predicted octanol–water partition coefficient (Wildman–Crippen LogP) is 9.53. The van der Waals surface area contributed by atoms with Gasteiger partial charge in [0, 0.05) is 92.7 Å². The van der Waals surface area contributed by atoms with Crippen molar-refractivity contribution in [1.82, 2.24) is 15.1 Å². The fraction of sp³-hybridized carbons (Fsp3) is 0.559. The molecule has 0 spiro atoms.